The van der Waals surface area contributed by atoms with Crippen molar-refractivity contribution in [2.45, 2.75) is 46.6 Å². The van der Waals surface area contributed by atoms with Crippen LogP contribution < -0.4 is 10.5 Å². The lowest BCUT2D eigenvalue weighted by atomic mass is 9.88. The summed E-state index contributed by atoms with van der Waals surface area (Å²) in [5.74, 6) is 0.851. The van der Waals surface area contributed by atoms with Crippen LogP contribution in [0.25, 0.3) is 0 Å². The average Bonchev–Trinajstić information content (AvgIpc) is 2.73. The van der Waals surface area contributed by atoms with Gasteiger partial charge in [-0.1, -0.05) is 13.8 Å². The maximum Gasteiger partial charge on any atom is 0.157 e. The third-order valence-electron chi connectivity index (χ3n) is 2.93. The van der Waals surface area contributed by atoms with Gasteiger partial charge >= 0.3 is 0 Å². The Morgan fingerprint density at radius 2 is 2.18 bits per heavy atom. The Kier molecular flexibility index (Phi) is 5.00. The highest BCUT2D eigenvalue weighted by molar-refractivity contribution is 5.11. The Bertz CT molecular complexity index is 331. The fraction of sp³-hybridized carbons (Fsp3) is 0.769. The monoisotopic (exact) mass is 239 g/mol. The van der Waals surface area contributed by atoms with Crippen molar-refractivity contribution in [1.82, 2.24) is 9.78 Å². The van der Waals surface area contributed by atoms with Crippen molar-refractivity contribution in [2.24, 2.45) is 11.1 Å². The number of aromatic nitrogens is 2. The largest absolute Gasteiger partial charge is 0.490 e. The molecule has 4 nitrogen and oxygen atoms in total. The summed E-state index contributed by atoms with van der Waals surface area (Å²) in [4.78, 5) is 0. The van der Waals surface area contributed by atoms with Gasteiger partial charge in [0, 0.05) is 6.04 Å². The van der Waals surface area contributed by atoms with Crippen molar-refractivity contribution in [1.29, 1.82) is 0 Å². The van der Waals surface area contributed by atoms with E-state index in [1.165, 1.54) is 0 Å². The van der Waals surface area contributed by atoms with Crippen LogP contribution in [0.4, 0.5) is 0 Å². The van der Waals surface area contributed by atoms with E-state index in [1.54, 1.807) is 6.20 Å². The Labute approximate surface area is 104 Å². The fourth-order valence-corrected chi connectivity index (χ4v) is 1.52. The van der Waals surface area contributed by atoms with Gasteiger partial charge in [0.25, 0.3) is 0 Å². The summed E-state index contributed by atoms with van der Waals surface area (Å²) in [6, 6.07) is 0.378. The summed E-state index contributed by atoms with van der Waals surface area (Å²) < 4.78 is 7.55. The van der Waals surface area contributed by atoms with Crippen molar-refractivity contribution in [3.8, 4) is 5.75 Å². The molecule has 17 heavy (non-hydrogen) atoms. The number of nitrogens with two attached hydrogens (primary N) is 1. The van der Waals surface area contributed by atoms with Gasteiger partial charge in [-0.05, 0) is 38.6 Å². The summed E-state index contributed by atoms with van der Waals surface area (Å²) in [7, 11) is 0. The molecule has 1 heterocycles. The van der Waals surface area contributed by atoms with E-state index in [4.69, 9.17) is 10.5 Å². The molecule has 0 aliphatic heterocycles. The minimum atomic E-state index is 0.214. The molecule has 1 rings (SSSR count). The van der Waals surface area contributed by atoms with Crippen LogP contribution in [0.3, 0.4) is 0 Å². The molecule has 0 aliphatic carbocycles. The van der Waals surface area contributed by atoms with E-state index in [1.807, 2.05) is 10.9 Å². The molecule has 0 atom stereocenters. The number of hydrogen-bond donors (Lipinski definition) is 1. The highest BCUT2D eigenvalue weighted by Crippen LogP contribution is 2.20. The second-order valence-corrected chi connectivity index (χ2v) is 5.57. The molecule has 1 aromatic heterocycles. The molecule has 0 fully saturated rings. The van der Waals surface area contributed by atoms with Crippen LogP contribution >= 0.6 is 0 Å². The third kappa shape index (κ3) is 4.77. The van der Waals surface area contributed by atoms with Gasteiger partial charge in [-0.3, -0.25) is 4.68 Å². The summed E-state index contributed by atoms with van der Waals surface area (Å²) in [5, 5.41) is 4.23. The molecule has 0 saturated heterocycles. The third-order valence-corrected chi connectivity index (χ3v) is 2.93. The first-order chi connectivity index (χ1) is 7.94. The van der Waals surface area contributed by atoms with Crippen LogP contribution in [0.2, 0.25) is 0 Å². The van der Waals surface area contributed by atoms with Crippen molar-refractivity contribution in [3.05, 3.63) is 12.4 Å². The molecule has 0 amide bonds. The van der Waals surface area contributed by atoms with Crippen molar-refractivity contribution in [2.75, 3.05) is 13.2 Å². The lowest BCUT2D eigenvalue weighted by Gasteiger charge is -2.21. The molecule has 0 saturated carbocycles. The molecule has 0 spiro atoms. The smallest absolute Gasteiger partial charge is 0.157 e. The second kappa shape index (κ2) is 6.05. The van der Waals surface area contributed by atoms with Crippen LogP contribution in [-0.4, -0.2) is 22.9 Å². The van der Waals surface area contributed by atoms with Gasteiger partial charge in [-0.25, -0.2) is 0 Å². The fourth-order valence-electron chi connectivity index (χ4n) is 1.52. The van der Waals surface area contributed by atoms with Gasteiger partial charge in [0.15, 0.2) is 5.75 Å². The van der Waals surface area contributed by atoms with Crippen molar-refractivity contribution >= 4 is 0 Å². The molecule has 98 valence electrons. The minimum absolute atomic E-state index is 0.214. The molecule has 2 N–H and O–H groups in total. The SMILES string of the molecule is CC(C)n1cc(OCCCC(C)(C)CN)cn1. The Morgan fingerprint density at radius 3 is 2.71 bits per heavy atom. The van der Waals surface area contributed by atoms with Crippen LogP contribution in [-0.2, 0) is 0 Å². The van der Waals surface area contributed by atoms with Gasteiger partial charge in [-0.2, -0.15) is 5.10 Å². The summed E-state index contributed by atoms with van der Waals surface area (Å²) >= 11 is 0. The number of rotatable bonds is 7. The Balaban J connectivity index is 2.26. The number of ether oxygens (including phenoxy) is 1. The highest BCUT2D eigenvalue weighted by atomic mass is 16.5. The molecule has 4 heteroatoms. The number of hydrogen-bond acceptors (Lipinski definition) is 3. The first-order valence-corrected chi connectivity index (χ1v) is 6.31. The van der Waals surface area contributed by atoms with Crippen LogP contribution in [0.15, 0.2) is 12.4 Å². The summed E-state index contributed by atoms with van der Waals surface area (Å²) in [6.45, 7) is 10.0. The van der Waals surface area contributed by atoms with E-state index in [9.17, 15) is 0 Å². The first-order valence-electron chi connectivity index (χ1n) is 6.31. The maximum absolute atomic E-state index is 5.68. The highest BCUT2D eigenvalue weighted by Gasteiger charge is 2.14. The van der Waals surface area contributed by atoms with Gasteiger partial charge in [0.05, 0.1) is 19.0 Å². The predicted molar refractivity (Wildman–Crippen MR) is 70.2 cm³/mol. The van der Waals surface area contributed by atoms with Crippen LogP contribution in [0.5, 0.6) is 5.75 Å². The Hall–Kier alpha value is -1.03. The zero-order valence-corrected chi connectivity index (χ0v) is 11.4. The molecule has 0 unspecified atom stereocenters. The van der Waals surface area contributed by atoms with Crippen molar-refractivity contribution < 1.29 is 4.74 Å². The molecule has 0 bridgehead atoms. The van der Waals surface area contributed by atoms with Gasteiger partial charge < -0.3 is 10.5 Å². The van der Waals surface area contributed by atoms with Crippen LogP contribution in [0.1, 0.15) is 46.6 Å². The molecule has 1 aromatic rings. The zero-order chi connectivity index (χ0) is 12.9. The number of nitrogens with zero attached hydrogens (tertiary/aromatic N) is 2. The molecular weight excluding hydrogens is 214 g/mol. The maximum atomic E-state index is 5.68. The zero-order valence-electron chi connectivity index (χ0n) is 11.4. The van der Waals surface area contributed by atoms with Gasteiger partial charge in [-0.15, -0.1) is 0 Å². The van der Waals surface area contributed by atoms with Gasteiger partial charge in [0.1, 0.15) is 0 Å². The summed E-state index contributed by atoms with van der Waals surface area (Å²) in [6.07, 6.45) is 5.83. The van der Waals surface area contributed by atoms with E-state index < -0.39 is 0 Å². The van der Waals surface area contributed by atoms with E-state index in [0.29, 0.717) is 6.04 Å². The minimum Gasteiger partial charge on any atom is -0.490 e. The second-order valence-electron chi connectivity index (χ2n) is 5.57. The molecule has 0 aromatic carbocycles. The lowest BCUT2D eigenvalue weighted by molar-refractivity contribution is 0.260. The average molecular weight is 239 g/mol. The molecule has 0 aliphatic rings. The van der Waals surface area contributed by atoms with E-state index in [-0.39, 0.29) is 5.41 Å². The normalized spacial score (nSPS) is 12.1. The Morgan fingerprint density at radius 1 is 1.47 bits per heavy atom. The van der Waals surface area contributed by atoms with E-state index in [2.05, 4.69) is 32.8 Å². The molecular formula is C13H25N3O. The molecule has 0 radical (unpaired) electrons. The first kappa shape index (κ1) is 14.0. The van der Waals surface area contributed by atoms with E-state index in [0.717, 1.165) is 31.7 Å². The predicted octanol–water partition coefficient (Wildman–Crippen LogP) is 2.61. The van der Waals surface area contributed by atoms with E-state index >= 15 is 0 Å². The quantitative estimate of drug-likeness (QED) is 0.744. The topological polar surface area (TPSA) is 53.1 Å². The standard InChI is InChI=1S/C13H25N3O/c1-11(2)16-9-12(8-15-16)17-7-5-6-13(3,4)10-14/h8-9,11H,5-7,10,14H2,1-4H3. The summed E-state index contributed by atoms with van der Waals surface area (Å²) in [5.41, 5.74) is 5.90. The van der Waals surface area contributed by atoms with Gasteiger partial charge in [0.2, 0.25) is 0 Å². The lowest BCUT2D eigenvalue weighted by Crippen LogP contribution is -2.23. The van der Waals surface area contributed by atoms with Crippen LogP contribution in [0, 0.1) is 5.41 Å². The van der Waals surface area contributed by atoms with Crippen molar-refractivity contribution in [3.63, 3.8) is 0 Å².